The molecule has 3 atom stereocenters. The maximum Gasteiger partial charge on any atom is 0.391 e. The molecule has 0 spiro atoms. The fourth-order valence-electron chi connectivity index (χ4n) is 4.91. The third-order valence-electron chi connectivity index (χ3n) is 6.61. The highest BCUT2D eigenvalue weighted by Gasteiger charge is 2.47. The lowest BCUT2D eigenvalue weighted by atomic mass is 9.85. The minimum absolute atomic E-state index is 0.00777. The van der Waals surface area contributed by atoms with Gasteiger partial charge in [0.05, 0.1) is 29.2 Å². The number of hydrogen-bond acceptors (Lipinski definition) is 8. The molecule has 0 radical (unpaired) electrons. The van der Waals surface area contributed by atoms with Gasteiger partial charge in [0.25, 0.3) is 0 Å². The Morgan fingerprint density at radius 1 is 1.11 bits per heavy atom. The highest BCUT2D eigenvalue weighted by Crippen LogP contribution is 2.48. The molecule has 1 fully saturated rings. The van der Waals surface area contributed by atoms with Crippen LogP contribution in [0.1, 0.15) is 47.6 Å². The first kappa shape index (κ1) is 24.1. The maximum atomic E-state index is 13.6. The van der Waals surface area contributed by atoms with E-state index < -0.39 is 28.0 Å². The van der Waals surface area contributed by atoms with Crippen molar-refractivity contribution >= 4 is 21.4 Å². The van der Waals surface area contributed by atoms with Crippen LogP contribution in [0.5, 0.6) is 5.75 Å². The number of alkyl halides is 3. The second-order valence-electron chi connectivity index (χ2n) is 8.72. The largest absolute Gasteiger partial charge is 0.493 e. The predicted octanol–water partition coefficient (Wildman–Crippen LogP) is 4.75. The van der Waals surface area contributed by atoms with Gasteiger partial charge < -0.3 is 4.74 Å². The number of ether oxygens (including phenoxy) is 1. The van der Waals surface area contributed by atoms with Crippen molar-refractivity contribution in [3.63, 3.8) is 0 Å². The van der Waals surface area contributed by atoms with Gasteiger partial charge in [0.2, 0.25) is 0 Å². The lowest BCUT2D eigenvalue weighted by Gasteiger charge is -2.45. The van der Waals surface area contributed by atoms with E-state index in [0.29, 0.717) is 29.5 Å². The smallest absolute Gasteiger partial charge is 0.391 e. The predicted molar refractivity (Wildman–Crippen MR) is 123 cm³/mol. The molecular formula is C23H23F3N4O3S2. The monoisotopic (exact) mass is 524 g/mol. The van der Waals surface area contributed by atoms with Crippen LogP contribution in [-0.4, -0.2) is 47.0 Å². The van der Waals surface area contributed by atoms with Gasteiger partial charge in [0.15, 0.2) is 9.84 Å². The van der Waals surface area contributed by atoms with Gasteiger partial charge in [-0.15, -0.1) is 0 Å². The van der Waals surface area contributed by atoms with E-state index in [4.69, 9.17) is 4.74 Å². The van der Waals surface area contributed by atoms with E-state index in [-0.39, 0.29) is 36.1 Å². The molecule has 2 aromatic heterocycles. The summed E-state index contributed by atoms with van der Waals surface area (Å²) in [7, 11) is -3.66. The SMILES string of the molecule is O=S(=O)(Cc1ncns1)c1ccc2c(c1)OCC[C@@H]2N1CC[C@@H](C(F)(F)F)C[C@H]1c1ccccn1. The lowest BCUT2D eigenvalue weighted by molar-refractivity contribution is -0.192. The van der Waals surface area contributed by atoms with E-state index in [0.717, 1.165) is 17.1 Å². The summed E-state index contributed by atoms with van der Waals surface area (Å²) in [6, 6.07) is 9.34. The number of pyridine rings is 1. The number of hydrogen-bond donors (Lipinski definition) is 0. The van der Waals surface area contributed by atoms with Crippen LogP contribution in [0.15, 0.2) is 53.8 Å². The minimum Gasteiger partial charge on any atom is -0.493 e. The highest BCUT2D eigenvalue weighted by atomic mass is 32.2. The topological polar surface area (TPSA) is 85.3 Å². The summed E-state index contributed by atoms with van der Waals surface area (Å²) in [6.07, 6.45) is -0.823. The number of benzene rings is 1. The third kappa shape index (κ3) is 5.05. The average Bonchev–Trinajstić information content (AvgIpc) is 3.35. The molecule has 0 aliphatic carbocycles. The number of halogens is 3. The molecule has 186 valence electrons. The van der Waals surface area contributed by atoms with Gasteiger partial charge in [-0.25, -0.2) is 13.4 Å². The van der Waals surface area contributed by atoms with Gasteiger partial charge in [-0.2, -0.15) is 17.5 Å². The summed E-state index contributed by atoms with van der Waals surface area (Å²) in [5, 5.41) is 0.396. The van der Waals surface area contributed by atoms with Gasteiger partial charge in [-0.05, 0) is 48.6 Å². The molecule has 1 aromatic carbocycles. The molecule has 0 bridgehead atoms. The van der Waals surface area contributed by atoms with Gasteiger partial charge in [0, 0.05) is 30.8 Å². The summed E-state index contributed by atoms with van der Waals surface area (Å²) in [5.74, 6) is -1.21. The first-order valence-electron chi connectivity index (χ1n) is 11.2. The Morgan fingerprint density at radius 3 is 2.69 bits per heavy atom. The van der Waals surface area contributed by atoms with Crippen molar-refractivity contribution in [3.05, 3.63) is 65.2 Å². The summed E-state index contributed by atoms with van der Waals surface area (Å²) < 4.78 is 76.3. The first-order chi connectivity index (χ1) is 16.7. The Hall–Kier alpha value is -2.57. The zero-order chi connectivity index (χ0) is 24.6. The van der Waals surface area contributed by atoms with E-state index in [1.165, 1.54) is 18.5 Å². The summed E-state index contributed by atoms with van der Waals surface area (Å²) in [5.41, 5.74) is 1.38. The summed E-state index contributed by atoms with van der Waals surface area (Å²) >= 11 is 1.03. The first-order valence-corrected chi connectivity index (χ1v) is 13.6. The van der Waals surface area contributed by atoms with E-state index in [1.54, 1.807) is 30.5 Å². The Kier molecular flexibility index (Phi) is 6.53. The van der Waals surface area contributed by atoms with Crippen molar-refractivity contribution in [2.24, 2.45) is 5.92 Å². The third-order valence-corrected chi connectivity index (χ3v) is 9.08. The van der Waals surface area contributed by atoms with Crippen molar-refractivity contribution in [2.45, 2.75) is 48.2 Å². The number of nitrogens with zero attached hydrogens (tertiary/aromatic N) is 4. The van der Waals surface area contributed by atoms with Crippen LogP contribution >= 0.6 is 11.5 Å². The van der Waals surface area contributed by atoms with Crippen LogP contribution in [0.4, 0.5) is 13.2 Å². The number of rotatable bonds is 5. The van der Waals surface area contributed by atoms with Gasteiger partial charge in [-0.3, -0.25) is 9.88 Å². The zero-order valence-corrected chi connectivity index (χ0v) is 20.2. The molecule has 0 unspecified atom stereocenters. The number of fused-ring (bicyclic) bond motifs is 1. The molecule has 0 amide bonds. The molecule has 0 N–H and O–H groups in total. The quantitative estimate of drug-likeness (QED) is 0.476. The van der Waals surface area contributed by atoms with Crippen LogP contribution in [0.25, 0.3) is 0 Å². The Bertz CT molecular complexity index is 1270. The second kappa shape index (κ2) is 9.47. The molecule has 12 heteroatoms. The van der Waals surface area contributed by atoms with Crippen LogP contribution in [0, 0.1) is 5.92 Å². The van der Waals surface area contributed by atoms with Crippen LogP contribution in [-0.2, 0) is 15.6 Å². The minimum atomic E-state index is -4.26. The molecule has 4 heterocycles. The van der Waals surface area contributed by atoms with Gasteiger partial charge in [0.1, 0.15) is 22.8 Å². The molecule has 1 saturated heterocycles. The lowest BCUT2D eigenvalue weighted by Crippen LogP contribution is -2.44. The molecule has 2 aliphatic rings. The molecule has 5 rings (SSSR count). The van der Waals surface area contributed by atoms with E-state index in [2.05, 4.69) is 19.2 Å². The number of aromatic nitrogens is 3. The highest BCUT2D eigenvalue weighted by molar-refractivity contribution is 7.90. The molecule has 35 heavy (non-hydrogen) atoms. The number of piperidine rings is 1. The van der Waals surface area contributed by atoms with Crippen LogP contribution in [0.3, 0.4) is 0 Å². The Morgan fingerprint density at radius 2 is 1.97 bits per heavy atom. The van der Waals surface area contributed by atoms with Crippen molar-refractivity contribution < 1.29 is 26.3 Å². The fraction of sp³-hybridized carbons (Fsp3) is 0.435. The van der Waals surface area contributed by atoms with Crippen molar-refractivity contribution in [1.82, 2.24) is 19.2 Å². The second-order valence-corrected chi connectivity index (χ2v) is 11.6. The van der Waals surface area contributed by atoms with Crippen molar-refractivity contribution in [1.29, 1.82) is 0 Å². The van der Waals surface area contributed by atoms with Crippen LogP contribution in [0.2, 0.25) is 0 Å². The molecule has 2 aliphatic heterocycles. The van der Waals surface area contributed by atoms with E-state index >= 15 is 0 Å². The summed E-state index contributed by atoms with van der Waals surface area (Å²) in [4.78, 5) is 10.5. The molecule has 7 nitrogen and oxygen atoms in total. The molecule has 3 aromatic rings. The van der Waals surface area contributed by atoms with Crippen molar-refractivity contribution in [2.75, 3.05) is 13.2 Å². The van der Waals surface area contributed by atoms with E-state index in [9.17, 15) is 21.6 Å². The fourth-order valence-corrected chi connectivity index (χ4v) is 7.03. The zero-order valence-electron chi connectivity index (χ0n) is 18.6. The van der Waals surface area contributed by atoms with Crippen LogP contribution < -0.4 is 4.74 Å². The van der Waals surface area contributed by atoms with Gasteiger partial charge >= 0.3 is 6.18 Å². The normalized spacial score (nSPS) is 23.5. The maximum absolute atomic E-state index is 13.6. The standard InChI is InChI=1S/C23H23F3N4O3S2/c24-23(25,26)15-6-9-30(20(11-15)18-3-1-2-8-27-18)19-7-10-33-21-12-16(4-5-17(19)21)35(31,32)13-22-28-14-29-34-22/h1-5,8,12,14-15,19-20H,6-7,9-11,13H2/t15-,19+,20+/m1/s1. The van der Waals surface area contributed by atoms with Gasteiger partial charge in [-0.1, -0.05) is 12.1 Å². The summed E-state index contributed by atoms with van der Waals surface area (Å²) in [6.45, 7) is 0.596. The van der Waals surface area contributed by atoms with Crippen molar-refractivity contribution in [3.8, 4) is 5.75 Å². The molecular weight excluding hydrogens is 501 g/mol. The molecule has 0 saturated carbocycles. The van der Waals surface area contributed by atoms with E-state index in [1.807, 2.05) is 0 Å². The Labute approximate surface area is 205 Å². The Balaban J connectivity index is 1.46. The number of sulfone groups is 1. The number of likely N-dealkylation sites (tertiary alicyclic amines) is 1. The average molecular weight is 525 g/mol.